The van der Waals surface area contributed by atoms with E-state index >= 15 is 0 Å². The molecule has 0 radical (unpaired) electrons. The standard InChI is InChI=1S/C21H21F2N3O5/c1-12-5-14(26(2)25-12)15(27)7-19-9-20(10-19,11-19)24-18(28)8-29-13-3-4-16-17(6-13)31-21(22,23)30-16/h3-6H,7-11H2,1-2H3,(H,24,28). The molecule has 164 valence electrons. The molecule has 1 N–H and O–H groups in total. The number of benzene rings is 1. The molecule has 6 rings (SSSR count). The number of ether oxygens (including phenoxy) is 3. The van der Waals surface area contributed by atoms with Gasteiger partial charge in [0.05, 0.1) is 5.69 Å². The van der Waals surface area contributed by atoms with Crippen molar-refractivity contribution in [3.8, 4) is 17.2 Å². The van der Waals surface area contributed by atoms with Crippen LogP contribution in [0.25, 0.3) is 0 Å². The topological polar surface area (TPSA) is 91.7 Å². The van der Waals surface area contributed by atoms with Crippen molar-refractivity contribution in [2.45, 2.75) is 44.4 Å². The van der Waals surface area contributed by atoms with Gasteiger partial charge in [-0.2, -0.15) is 5.10 Å². The van der Waals surface area contributed by atoms with E-state index in [2.05, 4.69) is 19.9 Å². The lowest BCUT2D eigenvalue weighted by Gasteiger charge is -2.70. The van der Waals surface area contributed by atoms with E-state index in [1.807, 2.05) is 6.92 Å². The molecule has 1 aliphatic heterocycles. The first kappa shape index (κ1) is 19.8. The van der Waals surface area contributed by atoms with Crippen molar-refractivity contribution in [1.29, 1.82) is 0 Å². The van der Waals surface area contributed by atoms with Gasteiger partial charge < -0.3 is 19.5 Å². The van der Waals surface area contributed by atoms with Gasteiger partial charge in [0.2, 0.25) is 0 Å². The lowest BCUT2D eigenvalue weighted by Crippen LogP contribution is -2.75. The third kappa shape index (κ3) is 3.49. The summed E-state index contributed by atoms with van der Waals surface area (Å²) in [6.45, 7) is 1.60. The number of hydrogen-bond donors (Lipinski definition) is 1. The van der Waals surface area contributed by atoms with Crippen LogP contribution >= 0.6 is 0 Å². The molecular weight excluding hydrogens is 412 g/mol. The zero-order valence-electron chi connectivity index (χ0n) is 17.0. The molecule has 2 aromatic rings. The van der Waals surface area contributed by atoms with Gasteiger partial charge in [0.15, 0.2) is 23.9 Å². The van der Waals surface area contributed by atoms with Gasteiger partial charge in [-0.3, -0.25) is 14.3 Å². The van der Waals surface area contributed by atoms with Gasteiger partial charge in [0, 0.05) is 25.1 Å². The molecule has 2 bridgehead atoms. The average molecular weight is 433 g/mol. The third-order valence-corrected chi connectivity index (χ3v) is 6.11. The van der Waals surface area contributed by atoms with E-state index in [1.54, 1.807) is 17.8 Å². The van der Waals surface area contributed by atoms with Crippen LogP contribution in [-0.4, -0.2) is 39.9 Å². The smallest absolute Gasteiger partial charge is 0.484 e. The van der Waals surface area contributed by atoms with Crippen LogP contribution in [0.4, 0.5) is 8.78 Å². The summed E-state index contributed by atoms with van der Waals surface area (Å²) in [5.41, 5.74) is 1.09. The second kappa shape index (κ2) is 6.41. The Balaban J connectivity index is 1.10. The highest BCUT2D eigenvalue weighted by atomic mass is 19.3. The fourth-order valence-electron chi connectivity index (χ4n) is 5.12. The Morgan fingerprint density at radius 3 is 2.58 bits per heavy atom. The van der Waals surface area contributed by atoms with Gasteiger partial charge in [-0.1, -0.05) is 0 Å². The van der Waals surface area contributed by atoms with Crippen LogP contribution in [0.5, 0.6) is 17.2 Å². The first-order chi connectivity index (χ1) is 14.6. The zero-order valence-corrected chi connectivity index (χ0v) is 17.0. The Morgan fingerprint density at radius 1 is 1.19 bits per heavy atom. The number of Topliss-reactive ketones (excluding diaryl/α,β-unsaturated/α-hetero) is 1. The van der Waals surface area contributed by atoms with Crippen LogP contribution in [0, 0.1) is 12.3 Å². The summed E-state index contributed by atoms with van der Waals surface area (Å²) in [6.07, 6.45) is -0.981. The summed E-state index contributed by atoms with van der Waals surface area (Å²) >= 11 is 0. The van der Waals surface area contributed by atoms with Gasteiger partial charge in [0.1, 0.15) is 11.4 Å². The monoisotopic (exact) mass is 433 g/mol. The second-order valence-corrected chi connectivity index (χ2v) is 8.82. The first-order valence-electron chi connectivity index (χ1n) is 9.94. The predicted molar refractivity (Wildman–Crippen MR) is 102 cm³/mol. The van der Waals surface area contributed by atoms with Crippen molar-refractivity contribution in [2.24, 2.45) is 12.5 Å². The molecule has 3 fully saturated rings. The van der Waals surface area contributed by atoms with Crippen LogP contribution in [0.2, 0.25) is 0 Å². The Labute approximate surface area is 176 Å². The maximum Gasteiger partial charge on any atom is 0.586 e. The number of halogens is 2. The molecule has 1 aromatic heterocycles. The Morgan fingerprint density at radius 2 is 1.90 bits per heavy atom. The summed E-state index contributed by atoms with van der Waals surface area (Å²) in [6, 6.07) is 5.78. The molecule has 4 aliphatic rings. The van der Waals surface area contributed by atoms with E-state index in [-0.39, 0.29) is 46.5 Å². The minimum atomic E-state index is -3.70. The lowest BCUT2D eigenvalue weighted by atomic mass is 9.38. The largest absolute Gasteiger partial charge is 0.586 e. The number of hydrogen-bond acceptors (Lipinski definition) is 6. The number of amides is 1. The van der Waals surface area contributed by atoms with Crippen molar-refractivity contribution >= 4 is 11.7 Å². The maximum atomic E-state index is 13.1. The van der Waals surface area contributed by atoms with Crippen LogP contribution in [0.15, 0.2) is 24.3 Å². The number of nitrogens with zero attached hydrogens (tertiary/aromatic N) is 2. The van der Waals surface area contributed by atoms with Crippen LogP contribution in [-0.2, 0) is 11.8 Å². The van der Waals surface area contributed by atoms with Crippen LogP contribution in [0.1, 0.15) is 41.9 Å². The van der Waals surface area contributed by atoms with Crippen molar-refractivity contribution in [3.63, 3.8) is 0 Å². The first-order valence-corrected chi connectivity index (χ1v) is 9.94. The molecule has 3 saturated carbocycles. The molecular formula is C21H21F2N3O5. The van der Waals surface area contributed by atoms with E-state index in [0.717, 1.165) is 25.0 Å². The maximum absolute atomic E-state index is 13.1. The van der Waals surface area contributed by atoms with Gasteiger partial charge in [-0.25, -0.2) is 0 Å². The normalized spacial score (nSPS) is 26.6. The molecule has 10 heteroatoms. The molecule has 1 amide bonds. The van der Waals surface area contributed by atoms with Crippen LogP contribution in [0.3, 0.4) is 0 Å². The summed E-state index contributed by atoms with van der Waals surface area (Å²) in [4.78, 5) is 24.9. The minimum absolute atomic E-state index is 0.0497. The highest BCUT2D eigenvalue weighted by Gasteiger charge is 2.68. The van der Waals surface area contributed by atoms with E-state index in [0.29, 0.717) is 12.1 Å². The summed E-state index contributed by atoms with van der Waals surface area (Å²) in [5, 5.41) is 7.20. The number of rotatable bonds is 7. The highest BCUT2D eigenvalue weighted by Crippen LogP contribution is 2.69. The number of aryl methyl sites for hydroxylation is 2. The predicted octanol–water partition coefficient (Wildman–Crippen LogP) is 2.74. The molecule has 3 aliphatic carbocycles. The molecule has 1 aromatic carbocycles. The fourth-order valence-corrected chi connectivity index (χ4v) is 5.12. The van der Waals surface area contributed by atoms with E-state index < -0.39 is 6.29 Å². The molecule has 2 heterocycles. The molecule has 0 saturated heterocycles. The van der Waals surface area contributed by atoms with Crippen molar-refractivity contribution in [2.75, 3.05) is 6.61 Å². The van der Waals surface area contributed by atoms with Crippen molar-refractivity contribution in [1.82, 2.24) is 15.1 Å². The van der Waals surface area contributed by atoms with Gasteiger partial charge >= 0.3 is 6.29 Å². The number of carbonyl (C=O) groups excluding carboxylic acids is 2. The molecule has 0 spiro atoms. The van der Waals surface area contributed by atoms with Crippen LogP contribution < -0.4 is 19.5 Å². The quantitative estimate of drug-likeness (QED) is 0.676. The fraction of sp³-hybridized carbons (Fsp3) is 0.476. The summed E-state index contributed by atoms with van der Waals surface area (Å²) in [5.74, 6) is -0.236. The highest BCUT2D eigenvalue weighted by molar-refractivity contribution is 5.95. The molecule has 0 atom stereocenters. The van der Waals surface area contributed by atoms with Gasteiger partial charge in [0.25, 0.3) is 5.91 Å². The van der Waals surface area contributed by atoms with Gasteiger partial charge in [-0.05, 0) is 49.8 Å². The van der Waals surface area contributed by atoms with E-state index in [1.165, 1.54) is 18.2 Å². The summed E-state index contributed by atoms with van der Waals surface area (Å²) in [7, 11) is 1.76. The number of carbonyl (C=O) groups is 2. The zero-order chi connectivity index (χ0) is 22.0. The number of alkyl halides is 2. The number of ketones is 1. The Kier molecular flexibility index (Phi) is 4.09. The molecule has 31 heavy (non-hydrogen) atoms. The number of aromatic nitrogens is 2. The average Bonchev–Trinajstić information content (AvgIpc) is 3.12. The Hall–Kier alpha value is -3.17. The third-order valence-electron chi connectivity index (χ3n) is 6.11. The van der Waals surface area contributed by atoms with Crippen molar-refractivity contribution < 1.29 is 32.6 Å². The lowest BCUT2D eigenvalue weighted by molar-refractivity contribution is -0.286. The number of nitrogens with one attached hydrogen (secondary N) is 1. The Bertz CT molecular complexity index is 1080. The SMILES string of the molecule is Cc1cc(C(=O)CC23CC(NC(=O)COc4ccc5c(c4)OC(F)(F)O5)(C2)C3)n(C)n1. The molecule has 0 unspecified atom stereocenters. The van der Waals surface area contributed by atoms with E-state index in [9.17, 15) is 18.4 Å². The minimum Gasteiger partial charge on any atom is -0.484 e. The van der Waals surface area contributed by atoms with Crippen molar-refractivity contribution in [3.05, 3.63) is 35.7 Å². The van der Waals surface area contributed by atoms with Gasteiger partial charge in [-0.15, -0.1) is 8.78 Å². The number of fused-ring (bicyclic) bond motifs is 1. The molecule has 8 nitrogen and oxygen atoms in total. The second-order valence-electron chi connectivity index (χ2n) is 8.82. The summed E-state index contributed by atoms with van der Waals surface area (Å²) < 4.78 is 41.8. The van der Waals surface area contributed by atoms with E-state index in [4.69, 9.17) is 4.74 Å².